The van der Waals surface area contributed by atoms with E-state index in [4.69, 9.17) is 4.74 Å². The number of rotatable bonds is 4. The van der Waals surface area contributed by atoms with Crippen molar-refractivity contribution in [2.45, 2.75) is 72.2 Å². The number of hydrogen-bond donors (Lipinski definition) is 1. The number of piperidine rings is 1. The summed E-state index contributed by atoms with van der Waals surface area (Å²) in [4.78, 5) is 69.5. The number of hydrogen-bond acceptors (Lipinski definition) is 9. The van der Waals surface area contributed by atoms with Gasteiger partial charge in [0.25, 0.3) is 0 Å². The van der Waals surface area contributed by atoms with Crippen LogP contribution in [0.2, 0.25) is 0 Å². The molecular formula is C37H38BrN7O5. The highest BCUT2D eigenvalue weighted by Crippen LogP contribution is 2.59. The summed E-state index contributed by atoms with van der Waals surface area (Å²) < 4.78 is 8.03. The number of ketones is 2. The molecule has 258 valence electrons. The van der Waals surface area contributed by atoms with Crippen LogP contribution in [0.25, 0.3) is 22.0 Å². The monoisotopic (exact) mass is 739 g/mol. The van der Waals surface area contributed by atoms with Crippen molar-refractivity contribution in [1.82, 2.24) is 34.9 Å². The van der Waals surface area contributed by atoms with E-state index in [2.05, 4.69) is 41.3 Å². The van der Waals surface area contributed by atoms with Gasteiger partial charge in [0.1, 0.15) is 22.7 Å². The van der Waals surface area contributed by atoms with Crippen molar-refractivity contribution in [1.29, 1.82) is 0 Å². The first-order chi connectivity index (χ1) is 23.8. The van der Waals surface area contributed by atoms with Crippen LogP contribution in [0.5, 0.6) is 0 Å². The predicted molar refractivity (Wildman–Crippen MR) is 188 cm³/mol. The smallest absolute Gasteiger partial charge is 0.245 e. The summed E-state index contributed by atoms with van der Waals surface area (Å²) in [5.41, 5.74) is 2.67. The molecule has 4 aromatic rings. The van der Waals surface area contributed by atoms with E-state index in [0.717, 1.165) is 16.7 Å². The Labute approximate surface area is 297 Å². The molecule has 7 rings (SSSR count). The molecule has 3 atom stereocenters. The van der Waals surface area contributed by atoms with Gasteiger partial charge < -0.3 is 15.0 Å². The van der Waals surface area contributed by atoms with E-state index in [-0.39, 0.29) is 54.7 Å². The molecule has 2 bridgehead atoms. The lowest BCUT2D eigenvalue weighted by atomic mass is 9.90. The van der Waals surface area contributed by atoms with Gasteiger partial charge in [-0.05, 0) is 78.9 Å². The van der Waals surface area contributed by atoms with Crippen molar-refractivity contribution >= 4 is 50.2 Å². The van der Waals surface area contributed by atoms with Crippen LogP contribution in [-0.4, -0.2) is 78.2 Å². The van der Waals surface area contributed by atoms with Crippen LogP contribution >= 0.6 is 15.9 Å². The number of carbonyl (C=O) groups is 4. The largest absolute Gasteiger partial charge is 0.373 e. The van der Waals surface area contributed by atoms with E-state index in [1.54, 1.807) is 22.0 Å². The average Bonchev–Trinajstić information content (AvgIpc) is 3.50. The third kappa shape index (κ3) is 6.39. The van der Waals surface area contributed by atoms with E-state index in [0.29, 0.717) is 53.0 Å². The van der Waals surface area contributed by atoms with Gasteiger partial charge in [0.15, 0.2) is 11.6 Å². The standard InChI is InChI=1S/C37H38BrN7O5/c1-21(46)34-26-12-23(25-16-39-22(2)40-17-25)6-8-28(26)44(43-34)18-33(48)45-29-14-37(15-31(37)45)20-41-35(49)36(3,4)10-5-11-50-19-24-7-9-32(38)42-27(24)13-30(29)47/h5-10,12,16-17,29,31H,11,13-15,18-20H2,1-4H3,(H,41,49)/t29-,31+,37-/m0/s1. The van der Waals surface area contributed by atoms with Crippen molar-refractivity contribution in [2.75, 3.05) is 13.2 Å². The maximum absolute atomic E-state index is 14.4. The molecule has 1 spiro atoms. The number of halogens is 1. The molecule has 0 radical (unpaired) electrons. The Morgan fingerprint density at radius 2 is 1.86 bits per heavy atom. The number of nitrogens with one attached hydrogen (secondary N) is 1. The predicted octanol–water partition coefficient (Wildman–Crippen LogP) is 4.56. The Morgan fingerprint density at radius 1 is 1.08 bits per heavy atom. The van der Waals surface area contributed by atoms with Crippen molar-refractivity contribution in [2.24, 2.45) is 10.8 Å². The summed E-state index contributed by atoms with van der Waals surface area (Å²) >= 11 is 3.44. The zero-order chi connectivity index (χ0) is 35.4. The molecule has 1 aliphatic carbocycles. The fourth-order valence-electron chi connectivity index (χ4n) is 7.22. The summed E-state index contributed by atoms with van der Waals surface area (Å²) in [7, 11) is 0. The highest BCUT2D eigenvalue weighted by Gasteiger charge is 2.67. The first-order valence-corrected chi connectivity index (χ1v) is 17.5. The van der Waals surface area contributed by atoms with Crippen LogP contribution in [0.15, 0.2) is 59.5 Å². The summed E-state index contributed by atoms with van der Waals surface area (Å²) in [5, 5.41) is 8.32. The fraction of sp³-hybridized carbons (Fsp3) is 0.405. The molecular weight excluding hydrogens is 702 g/mol. The van der Waals surface area contributed by atoms with Crippen molar-refractivity contribution in [3.63, 3.8) is 0 Å². The summed E-state index contributed by atoms with van der Waals surface area (Å²) in [5.74, 6) is -0.118. The second-order valence-electron chi connectivity index (χ2n) is 14.1. The fourth-order valence-corrected chi connectivity index (χ4v) is 7.57. The maximum atomic E-state index is 14.4. The van der Waals surface area contributed by atoms with Crippen LogP contribution in [0.4, 0.5) is 0 Å². The molecule has 1 aromatic carbocycles. The van der Waals surface area contributed by atoms with Gasteiger partial charge in [-0.3, -0.25) is 23.9 Å². The first kappa shape index (κ1) is 33.9. The van der Waals surface area contributed by atoms with Crippen LogP contribution in [0.3, 0.4) is 0 Å². The number of fused-ring (bicyclic) bond motifs is 3. The van der Waals surface area contributed by atoms with E-state index in [1.165, 1.54) is 6.92 Å². The molecule has 13 heteroatoms. The topological polar surface area (TPSA) is 149 Å². The Kier molecular flexibility index (Phi) is 8.75. The lowest BCUT2D eigenvalue weighted by molar-refractivity contribution is -0.139. The van der Waals surface area contributed by atoms with Gasteiger partial charge in [-0.25, -0.2) is 15.0 Å². The minimum atomic E-state index is -0.781. The molecule has 2 amide bonds. The van der Waals surface area contributed by atoms with E-state index in [1.807, 2.05) is 63.3 Å². The zero-order valence-corrected chi connectivity index (χ0v) is 30.0. The lowest BCUT2D eigenvalue weighted by Crippen LogP contribution is -2.45. The Morgan fingerprint density at radius 3 is 2.62 bits per heavy atom. The van der Waals surface area contributed by atoms with Gasteiger partial charge in [-0.15, -0.1) is 0 Å². The third-order valence-electron chi connectivity index (χ3n) is 10.1. The lowest BCUT2D eigenvalue weighted by Gasteiger charge is -2.27. The molecule has 3 aromatic heterocycles. The van der Waals surface area contributed by atoms with Gasteiger partial charge >= 0.3 is 0 Å². The maximum Gasteiger partial charge on any atom is 0.245 e. The van der Waals surface area contributed by atoms with Crippen molar-refractivity contribution < 1.29 is 23.9 Å². The van der Waals surface area contributed by atoms with Gasteiger partial charge in [0, 0.05) is 48.3 Å². The van der Waals surface area contributed by atoms with Crippen molar-refractivity contribution in [3.8, 4) is 11.1 Å². The Bertz CT molecular complexity index is 2070. The van der Waals surface area contributed by atoms with Crippen LogP contribution in [0, 0.1) is 17.8 Å². The number of amides is 2. The second-order valence-corrected chi connectivity index (χ2v) is 14.9. The molecule has 50 heavy (non-hydrogen) atoms. The summed E-state index contributed by atoms with van der Waals surface area (Å²) in [6.45, 7) is 7.68. The van der Waals surface area contributed by atoms with Gasteiger partial charge in [0.2, 0.25) is 11.8 Å². The molecule has 3 aliphatic rings. The highest BCUT2D eigenvalue weighted by molar-refractivity contribution is 9.10. The minimum Gasteiger partial charge on any atom is -0.373 e. The number of likely N-dealkylation sites (tertiary alicyclic amines) is 1. The van der Waals surface area contributed by atoms with Gasteiger partial charge in [-0.1, -0.05) is 24.3 Å². The van der Waals surface area contributed by atoms with Crippen LogP contribution in [-0.2, 0) is 38.7 Å². The highest BCUT2D eigenvalue weighted by atomic mass is 79.9. The summed E-state index contributed by atoms with van der Waals surface area (Å²) in [6.07, 6.45) is 8.26. The molecule has 2 fully saturated rings. The van der Waals surface area contributed by atoms with E-state index in [9.17, 15) is 19.2 Å². The molecule has 12 nitrogen and oxygen atoms in total. The molecule has 1 saturated heterocycles. The Hall–Kier alpha value is -4.62. The molecule has 2 aliphatic heterocycles. The number of benzene rings is 1. The van der Waals surface area contributed by atoms with Gasteiger partial charge in [0.05, 0.1) is 42.3 Å². The molecule has 1 saturated carbocycles. The van der Waals surface area contributed by atoms with Gasteiger partial charge in [-0.2, -0.15) is 5.10 Å². The van der Waals surface area contributed by atoms with Crippen LogP contribution in [0.1, 0.15) is 61.2 Å². The SMILES string of the molecule is CC(=O)c1nn(CC(=O)N2[C@H]3C[C@@]4(CNC(=O)C(C)(C)C=CCOCc5ccc(Br)nc5CC3=O)C[C@@H]24)c2ccc(-c3cnc(C)nc3)cc12. The van der Waals surface area contributed by atoms with E-state index >= 15 is 0 Å². The summed E-state index contributed by atoms with van der Waals surface area (Å²) in [6, 6.07) is 8.35. The normalized spacial score (nSPS) is 23.3. The molecule has 1 N–H and O–H groups in total. The number of aryl methyl sites for hydroxylation is 1. The minimum absolute atomic E-state index is 0.0231. The number of carbonyl (C=O) groups excluding carboxylic acids is 4. The third-order valence-corrected chi connectivity index (χ3v) is 10.6. The number of nitrogens with zero attached hydrogens (tertiary/aromatic N) is 6. The Balaban J connectivity index is 1.21. The number of aromatic nitrogens is 5. The zero-order valence-electron chi connectivity index (χ0n) is 28.4. The van der Waals surface area contributed by atoms with Crippen molar-refractivity contribution in [3.05, 3.63) is 82.3 Å². The second kappa shape index (κ2) is 12.9. The van der Waals surface area contributed by atoms with Crippen LogP contribution < -0.4 is 5.32 Å². The molecule has 5 heterocycles. The molecule has 0 unspecified atom stereocenters. The van der Waals surface area contributed by atoms with E-state index < -0.39 is 16.9 Å². The number of Topliss-reactive ketones (excluding diaryl/α,β-unsaturated/α-hetero) is 2. The number of pyridine rings is 1. The number of ether oxygens (including phenoxy) is 1. The quantitative estimate of drug-likeness (QED) is 0.181. The first-order valence-electron chi connectivity index (χ1n) is 16.7. The average molecular weight is 741 g/mol.